The van der Waals surface area contributed by atoms with Gasteiger partial charge in [0.15, 0.2) is 0 Å². The van der Waals surface area contributed by atoms with E-state index in [0.29, 0.717) is 0 Å². The summed E-state index contributed by atoms with van der Waals surface area (Å²) in [6.45, 7) is 3.53. The largest absolute Gasteiger partial charge is 0.393 e. The number of para-hydroxylation sites is 2. The highest BCUT2D eigenvalue weighted by molar-refractivity contribution is 6.05. The lowest BCUT2D eigenvalue weighted by Gasteiger charge is -2.32. The Hall–Kier alpha value is -2.59. The molecule has 2 aromatic rings. The summed E-state index contributed by atoms with van der Waals surface area (Å²) in [5, 5.41) is 12.7. The molecule has 1 saturated heterocycles. The number of anilines is 2. The van der Waals surface area contributed by atoms with Gasteiger partial charge in [-0.3, -0.25) is 4.79 Å². The van der Waals surface area contributed by atoms with E-state index in [0.717, 1.165) is 48.4 Å². The molecule has 0 unspecified atom stereocenters. The second-order valence-corrected chi connectivity index (χ2v) is 6.42. The fraction of sp³-hybridized carbons (Fsp3) is 0.286. The second kappa shape index (κ2) is 7.99. The zero-order valence-electron chi connectivity index (χ0n) is 14.5. The van der Waals surface area contributed by atoms with Crippen LogP contribution < -0.4 is 10.2 Å². The molecule has 1 fully saturated rings. The van der Waals surface area contributed by atoms with Crippen LogP contribution in [0.4, 0.5) is 11.4 Å². The van der Waals surface area contributed by atoms with Gasteiger partial charge in [0, 0.05) is 19.2 Å². The molecule has 1 amide bonds. The number of amides is 1. The van der Waals surface area contributed by atoms with Gasteiger partial charge < -0.3 is 15.3 Å². The predicted molar refractivity (Wildman–Crippen MR) is 103 cm³/mol. The molecular weight excluding hydrogens is 312 g/mol. The Bertz CT molecular complexity index is 748. The van der Waals surface area contributed by atoms with Crippen molar-refractivity contribution in [3.63, 3.8) is 0 Å². The van der Waals surface area contributed by atoms with E-state index in [1.807, 2.05) is 61.5 Å². The molecule has 0 aromatic heterocycles. The van der Waals surface area contributed by atoms with Crippen molar-refractivity contribution >= 4 is 22.9 Å². The summed E-state index contributed by atoms with van der Waals surface area (Å²) in [6.07, 6.45) is 2.94. The van der Waals surface area contributed by atoms with E-state index in [1.165, 1.54) is 0 Å². The second-order valence-electron chi connectivity index (χ2n) is 6.42. The first-order valence-electron chi connectivity index (χ1n) is 8.70. The molecular formula is C21H24N2O2. The molecule has 25 heavy (non-hydrogen) atoms. The average molecular weight is 336 g/mol. The van der Waals surface area contributed by atoms with Crippen molar-refractivity contribution in [3.8, 4) is 0 Å². The van der Waals surface area contributed by atoms with Crippen LogP contribution in [0.2, 0.25) is 0 Å². The van der Waals surface area contributed by atoms with Gasteiger partial charge >= 0.3 is 0 Å². The Morgan fingerprint density at radius 2 is 1.72 bits per heavy atom. The summed E-state index contributed by atoms with van der Waals surface area (Å²) in [5.74, 6) is -0.133. The number of benzene rings is 2. The van der Waals surface area contributed by atoms with Crippen LogP contribution in [0.15, 0.2) is 60.7 Å². The lowest BCUT2D eigenvalue weighted by Crippen LogP contribution is -2.36. The molecule has 0 spiro atoms. The Morgan fingerprint density at radius 3 is 2.44 bits per heavy atom. The van der Waals surface area contributed by atoms with E-state index >= 15 is 0 Å². The van der Waals surface area contributed by atoms with Gasteiger partial charge in [0.1, 0.15) is 0 Å². The molecule has 0 atom stereocenters. The lowest BCUT2D eigenvalue weighted by atomic mass is 10.1. The molecule has 4 nitrogen and oxygen atoms in total. The Balaban J connectivity index is 1.73. The summed E-state index contributed by atoms with van der Waals surface area (Å²) in [5.41, 5.74) is 3.78. The average Bonchev–Trinajstić information content (AvgIpc) is 2.63. The van der Waals surface area contributed by atoms with Crippen molar-refractivity contribution < 1.29 is 9.90 Å². The first-order valence-corrected chi connectivity index (χ1v) is 8.70. The minimum atomic E-state index is -0.213. The van der Waals surface area contributed by atoms with E-state index in [-0.39, 0.29) is 12.0 Å². The molecule has 1 heterocycles. The number of carbonyl (C=O) groups excluding carboxylic acids is 1. The van der Waals surface area contributed by atoms with Crippen LogP contribution in [0, 0.1) is 0 Å². The number of carbonyl (C=O) groups is 1. The molecule has 130 valence electrons. The minimum Gasteiger partial charge on any atom is -0.393 e. The SMILES string of the molecule is C/C(=C/C(=O)Nc1ccccc1N1CCC(O)CC1)c1ccccc1. The Kier molecular flexibility index (Phi) is 5.51. The van der Waals surface area contributed by atoms with Crippen molar-refractivity contribution in [2.24, 2.45) is 0 Å². The molecule has 0 aliphatic carbocycles. The number of piperidine rings is 1. The van der Waals surface area contributed by atoms with Gasteiger partial charge in [-0.1, -0.05) is 42.5 Å². The number of hydrogen-bond acceptors (Lipinski definition) is 3. The first kappa shape index (κ1) is 17.2. The number of allylic oxidation sites excluding steroid dienone is 1. The maximum Gasteiger partial charge on any atom is 0.248 e. The molecule has 2 N–H and O–H groups in total. The van der Waals surface area contributed by atoms with Gasteiger partial charge in [0.2, 0.25) is 5.91 Å². The van der Waals surface area contributed by atoms with Gasteiger partial charge in [0.05, 0.1) is 17.5 Å². The quantitative estimate of drug-likeness (QED) is 0.837. The maximum absolute atomic E-state index is 12.4. The fourth-order valence-electron chi connectivity index (χ4n) is 3.11. The third-order valence-electron chi connectivity index (χ3n) is 4.54. The van der Waals surface area contributed by atoms with Gasteiger partial charge in [-0.2, -0.15) is 0 Å². The molecule has 3 rings (SSSR count). The highest BCUT2D eigenvalue weighted by Gasteiger charge is 2.19. The maximum atomic E-state index is 12.4. The van der Waals surface area contributed by atoms with E-state index in [4.69, 9.17) is 0 Å². The zero-order valence-corrected chi connectivity index (χ0v) is 14.5. The smallest absolute Gasteiger partial charge is 0.248 e. The number of aliphatic hydroxyl groups is 1. The fourth-order valence-corrected chi connectivity index (χ4v) is 3.11. The third-order valence-corrected chi connectivity index (χ3v) is 4.54. The molecule has 1 aliphatic rings. The molecule has 0 radical (unpaired) electrons. The topological polar surface area (TPSA) is 52.6 Å². The van der Waals surface area contributed by atoms with Crippen LogP contribution in [0.3, 0.4) is 0 Å². The Morgan fingerprint density at radius 1 is 1.08 bits per heavy atom. The van der Waals surface area contributed by atoms with Crippen molar-refractivity contribution in [3.05, 3.63) is 66.2 Å². The van der Waals surface area contributed by atoms with Crippen LogP contribution >= 0.6 is 0 Å². The summed E-state index contributed by atoms with van der Waals surface area (Å²) in [7, 11) is 0. The number of aliphatic hydroxyl groups excluding tert-OH is 1. The molecule has 2 aromatic carbocycles. The summed E-state index contributed by atoms with van der Waals surface area (Å²) < 4.78 is 0. The monoisotopic (exact) mass is 336 g/mol. The van der Waals surface area contributed by atoms with Crippen LogP contribution in [0.5, 0.6) is 0 Å². The predicted octanol–water partition coefficient (Wildman–Crippen LogP) is 3.69. The molecule has 1 aliphatic heterocycles. The van der Waals surface area contributed by atoms with E-state index in [2.05, 4.69) is 10.2 Å². The summed E-state index contributed by atoms with van der Waals surface area (Å²) in [6, 6.07) is 17.7. The van der Waals surface area contributed by atoms with Crippen LogP contribution in [0.1, 0.15) is 25.3 Å². The van der Waals surface area contributed by atoms with Gasteiger partial charge in [-0.15, -0.1) is 0 Å². The zero-order chi connectivity index (χ0) is 17.6. The van der Waals surface area contributed by atoms with E-state index in [1.54, 1.807) is 6.08 Å². The summed E-state index contributed by atoms with van der Waals surface area (Å²) in [4.78, 5) is 14.7. The van der Waals surface area contributed by atoms with Crippen LogP contribution in [0.25, 0.3) is 5.57 Å². The highest BCUT2D eigenvalue weighted by Crippen LogP contribution is 2.28. The van der Waals surface area contributed by atoms with E-state index in [9.17, 15) is 9.90 Å². The van der Waals surface area contributed by atoms with Crippen molar-refractivity contribution in [1.29, 1.82) is 0 Å². The van der Waals surface area contributed by atoms with Crippen molar-refractivity contribution in [2.75, 3.05) is 23.3 Å². The van der Waals surface area contributed by atoms with Gasteiger partial charge in [0.25, 0.3) is 0 Å². The standard InChI is InChI=1S/C21H24N2O2/c1-16(17-7-3-2-4-8-17)15-21(25)22-19-9-5-6-10-20(19)23-13-11-18(24)12-14-23/h2-10,15,18,24H,11-14H2,1H3,(H,22,25)/b16-15-. The lowest BCUT2D eigenvalue weighted by molar-refractivity contribution is -0.111. The third kappa shape index (κ3) is 4.48. The summed E-state index contributed by atoms with van der Waals surface area (Å²) >= 11 is 0. The highest BCUT2D eigenvalue weighted by atomic mass is 16.3. The van der Waals surface area contributed by atoms with Crippen molar-refractivity contribution in [2.45, 2.75) is 25.9 Å². The number of nitrogens with one attached hydrogen (secondary N) is 1. The first-order chi connectivity index (χ1) is 12.1. The van der Waals surface area contributed by atoms with Gasteiger partial charge in [-0.05, 0) is 43.0 Å². The van der Waals surface area contributed by atoms with Crippen LogP contribution in [-0.4, -0.2) is 30.2 Å². The number of nitrogens with zero attached hydrogens (tertiary/aromatic N) is 1. The number of rotatable bonds is 4. The number of hydrogen-bond donors (Lipinski definition) is 2. The normalized spacial score (nSPS) is 15.9. The molecule has 0 bridgehead atoms. The molecule has 4 heteroatoms. The molecule has 0 saturated carbocycles. The van der Waals surface area contributed by atoms with E-state index < -0.39 is 0 Å². The minimum absolute atomic E-state index is 0.133. The van der Waals surface area contributed by atoms with Crippen molar-refractivity contribution in [1.82, 2.24) is 0 Å². The van der Waals surface area contributed by atoms with Gasteiger partial charge in [-0.25, -0.2) is 0 Å². The van der Waals surface area contributed by atoms with Crippen LogP contribution in [-0.2, 0) is 4.79 Å². The Labute approximate surface area is 148 Å².